The lowest BCUT2D eigenvalue weighted by atomic mass is 9.79. The van der Waals surface area contributed by atoms with E-state index in [-0.39, 0.29) is 5.92 Å². The van der Waals surface area contributed by atoms with Gasteiger partial charge in [-0.15, -0.1) is 11.3 Å². The summed E-state index contributed by atoms with van der Waals surface area (Å²) in [5.74, 6) is -1.02. The quantitative estimate of drug-likeness (QED) is 0.695. The predicted molar refractivity (Wildman–Crippen MR) is 78.0 cm³/mol. The Morgan fingerprint density at radius 3 is 2.80 bits per heavy atom. The number of thiazole rings is 1. The van der Waals surface area contributed by atoms with Gasteiger partial charge in [-0.2, -0.15) is 0 Å². The van der Waals surface area contributed by atoms with Crippen molar-refractivity contribution >= 4 is 17.3 Å². The zero-order chi connectivity index (χ0) is 14.6. The van der Waals surface area contributed by atoms with Crippen LogP contribution in [-0.2, 0) is 11.2 Å². The van der Waals surface area contributed by atoms with Crippen molar-refractivity contribution in [3.05, 3.63) is 16.1 Å². The SMILES string of the molecule is Cc1nc(CCNCC2(O)CCC(C(=O)O)CC2)cs1. The Kier molecular flexibility index (Phi) is 5.12. The van der Waals surface area contributed by atoms with E-state index < -0.39 is 11.6 Å². The van der Waals surface area contributed by atoms with E-state index in [0.29, 0.717) is 32.2 Å². The minimum absolute atomic E-state index is 0.284. The van der Waals surface area contributed by atoms with Crippen LogP contribution in [0.3, 0.4) is 0 Å². The van der Waals surface area contributed by atoms with Crippen LogP contribution >= 0.6 is 11.3 Å². The van der Waals surface area contributed by atoms with Crippen molar-refractivity contribution in [3.8, 4) is 0 Å². The predicted octanol–water partition coefficient (Wildman–Crippen LogP) is 1.59. The van der Waals surface area contributed by atoms with Crippen LogP contribution in [0.4, 0.5) is 0 Å². The Morgan fingerprint density at radius 2 is 2.25 bits per heavy atom. The number of hydrogen-bond donors (Lipinski definition) is 3. The highest BCUT2D eigenvalue weighted by Gasteiger charge is 2.35. The van der Waals surface area contributed by atoms with E-state index >= 15 is 0 Å². The van der Waals surface area contributed by atoms with Crippen LogP contribution in [0.25, 0.3) is 0 Å². The number of carbonyl (C=O) groups is 1. The van der Waals surface area contributed by atoms with Gasteiger partial charge < -0.3 is 15.5 Å². The fraction of sp³-hybridized carbons (Fsp3) is 0.714. The average molecular weight is 298 g/mol. The molecule has 2 rings (SSSR count). The molecule has 6 heteroatoms. The van der Waals surface area contributed by atoms with Gasteiger partial charge in [-0.1, -0.05) is 0 Å². The molecule has 3 N–H and O–H groups in total. The molecule has 112 valence electrons. The zero-order valence-corrected chi connectivity index (χ0v) is 12.6. The Bertz CT molecular complexity index is 453. The number of nitrogens with one attached hydrogen (secondary N) is 1. The van der Waals surface area contributed by atoms with Crippen LogP contribution in [0.5, 0.6) is 0 Å². The van der Waals surface area contributed by atoms with E-state index in [1.54, 1.807) is 11.3 Å². The molecular formula is C14H22N2O3S. The summed E-state index contributed by atoms with van der Waals surface area (Å²) < 4.78 is 0. The Balaban J connectivity index is 1.67. The molecule has 1 aliphatic rings. The van der Waals surface area contributed by atoms with Crippen LogP contribution in [0.2, 0.25) is 0 Å². The van der Waals surface area contributed by atoms with Crippen LogP contribution in [-0.4, -0.2) is 39.9 Å². The topological polar surface area (TPSA) is 82.5 Å². The van der Waals surface area contributed by atoms with Gasteiger partial charge in [0.15, 0.2) is 0 Å². The minimum atomic E-state index is -0.746. The molecule has 1 aromatic rings. The number of nitrogens with zero attached hydrogens (tertiary/aromatic N) is 1. The number of aryl methyl sites for hydroxylation is 1. The summed E-state index contributed by atoms with van der Waals surface area (Å²) in [6.45, 7) is 3.31. The van der Waals surface area contributed by atoms with E-state index in [1.165, 1.54) is 0 Å². The second kappa shape index (κ2) is 6.65. The lowest BCUT2D eigenvalue weighted by molar-refractivity contribution is -0.144. The van der Waals surface area contributed by atoms with E-state index in [9.17, 15) is 9.90 Å². The van der Waals surface area contributed by atoms with Crippen LogP contribution in [0, 0.1) is 12.8 Å². The lowest BCUT2D eigenvalue weighted by Gasteiger charge is -2.34. The average Bonchev–Trinajstić information content (AvgIpc) is 2.81. The number of carboxylic acid groups (broad SMARTS) is 1. The Labute approximate surface area is 123 Å². The van der Waals surface area contributed by atoms with Crippen LogP contribution in [0.1, 0.15) is 36.4 Å². The smallest absolute Gasteiger partial charge is 0.306 e. The first kappa shape index (κ1) is 15.4. The molecule has 0 aliphatic heterocycles. The molecule has 0 saturated heterocycles. The van der Waals surface area contributed by atoms with Gasteiger partial charge >= 0.3 is 5.97 Å². The molecule has 20 heavy (non-hydrogen) atoms. The third kappa shape index (κ3) is 4.26. The van der Waals surface area contributed by atoms with Crippen molar-refractivity contribution in [2.24, 2.45) is 5.92 Å². The van der Waals surface area contributed by atoms with E-state index in [0.717, 1.165) is 23.7 Å². The molecule has 0 spiro atoms. The summed E-state index contributed by atoms with van der Waals surface area (Å²) in [4.78, 5) is 15.3. The van der Waals surface area contributed by atoms with E-state index in [4.69, 9.17) is 5.11 Å². The fourth-order valence-corrected chi connectivity index (χ4v) is 3.29. The largest absolute Gasteiger partial charge is 0.481 e. The summed E-state index contributed by atoms with van der Waals surface area (Å²) in [5.41, 5.74) is 0.339. The third-order valence-electron chi connectivity index (χ3n) is 3.94. The van der Waals surface area contributed by atoms with Crippen molar-refractivity contribution in [2.75, 3.05) is 13.1 Å². The van der Waals surface area contributed by atoms with Gasteiger partial charge in [-0.25, -0.2) is 4.98 Å². The first-order chi connectivity index (χ1) is 9.48. The second-order valence-corrected chi connectivity index (χ2v) is 6.68. The summed E-state index contributed by atoms with van der Waals surface area (Å²) >= 11 is 1.65. The van der Waals surface area contributed by atoms with Crippen molar-refractivity contribution in [1.29, 1.82) is 0 Å². The maximum absolute atomic E-state index is 10.9. The first-order valence-electron chi connectivity index (χ1n) is 7.05. The van der Waals surface area contributed by atoms with Crippen molar-refractivity contribution in [2.45, 2.75) is 44.6 Å². The maximum atomic E-state index is 10.9. The molecule has 0 aromatic carbocycles. The molecule has 1 fully saturated rings. The van der Waals surface area contributed by atoms with Gasteiger partial charge in [0.25, 0.3) is 0 Å². The summed E-state index contributed by atoms with van der Waals surface area (Å²) in [6.07, 6.45) is 3.12. The highest BCUT2D eigenvalue weighted by atomic mass is 32.1. The highest BCUT2D eigenvalue weighted by Crippen LogP contribution is 2.31. The lowest BCUT2D eigenvalue weighted by Crippen LogP contribution is -2.44. The minimum Gasteiger partial charge on any atom is -0.481 e. The number of rotatable bonds is 6. The third-order valence-corrected chi connectivity index (χ3v) is 4.77. The Hall–Kier alpha value is -0.980. The van der Waals surface area contributed by atoms with Gasteiger partial charge in [0.2, 0.25) is 0 Å². The molecule has 5 nitrogen and oxygen atoms in total. The van der Waals surface area contributed by atoms with Crippen molar-refractivity contribution in [1.82, 2.24) is 10.3 Å². The van der Waals surface area contributed by atoms with Gasteiger partial charge in [-0.3, -0.25) is 4.79 Å². The molecule has 0 amide bonds. The van der Waals surface area contributed by atoms with E-state index in [2.05, 4.69) is 15.7 Å². The van der Waals surface area contributed by atoms with Gasteiger partial charge in [-0.05, 0) is 32.6 Å². The second-order valence-electron chi connectivity index (χ2n) is 5.62. The van der Waals surface area contributed by atoms with Gasteiger partial charge in [0.1, 0.15) is 0 Å². The zero-order valence-electron chi connectivity index (χ0n) is 11.8. The molecule has 0 radical (unpaired) electrons. The highest BCUT2D eigenvalue weighted by molar-refractivity contribution is 7.09. The molecular weight excluding hydrogens is 276 g/mol. The Morgan fingerprint density at radius 1 is 1.55 bits per heavy atom. The number of aliphatic carboxylic acids is 1. The molecule has 0 unspecified atom stereocenters. The standard InChI is InChI=1S/C14H22N2O3S/c1-10-16-12(8-20-10)4-7-15-9-14(19)5-2-11(3-6-14)13(17)18/h8,11,15,19H,2-7,9H2,1H3,(H,17,18). The fourth-order valence-electron chi connectivity index (χ4n) is 2.64. The molecule has 1 saturated carbocycles. The van der Waals surface area contributed by atoms with Gasteiger partial charge in [0.05, 0.1) is 22.2 Å². The number of aliphatic hydroxyl groups is 1. The first-order valence-corrected chi connectivity index (χ1v) is 7.93. The summed E-state index contributed by atoms with van der Waals surface area (Å²) in [7, 11) is 0. The molecule has 1 heterocycles. The number of aromatic nitrogens is 1. The molecule has 1 aromatic heterocycles. The number of carboxylic acids is 1. The van der Waals surface area contributed by atoms with E-state index in [1.807, 2.05) is 6.92 Å². The molecule has 0 atom stereocenters. The molecule has 1 aliphatic carbocycles. The summed E-state index contributed by atoms with van der Waals surface area (Å²) in [6, 6.07) is 0. The normalized spacial score (nSPS) is 26.6. The van der Waals surface area contributed by atoms with Crippen LogP contribution < -0.4 is 5.32 Å². The van der Waals surface area contributed by atoms with Crippen LogP contribution in [0.15, 0.2) is 5.38 Å². The monoisotopic (exact) mass is 298 g/mol. The molecule has 0 bridgehead atoms. The maximum Gasteiger partial charge on any atom is 0.306 e. The number of hydrogen-bond acceptors (Lipinski definition) is 5. The van der Waals surface area contributed by atoms with Crippen molar-refractivity contribution in [3.63, 3.8) is 0 Å². The van der Waals surface area contributed by atoms with Crippen molar-refractivity contribution < 1.29 is 15.0 Å². The van der Waals surface area contributed by atoms with Gasteiger partial charge in [0, 0.05) is 24.9 Å². The summed E-state index contributed by atoms with van der Waals surface area (Å²) in [5, 5.41) is 25.7.